The summed E-state index contributed by atoms with van der Waals surface area (Å²) in [6, 6.07) is 0.667. The van der Waals surface area contributed by atoms with Crippen LogP contribution in [0.5, 0.6) is 0 Å². The molecule has 1 aliphatic heterocycles. The zero-order valence-corrected chi connectivity index (χ0v) is 10.5. The lowest BCUT2D eigenvalue weighted by molar-refractivity contribution is -0.0931. The molecule has 1 heterocycles. The normalized spacial score (nSPS) is 44.1. The largest absolute Gasteiger partial charge is 0.372 e. The number of fused-ring (bicyclic) bond motifs is 1. The van der Waals surface area contributed by atoms with Crippen molar-refractivity contribution < 1.29 is 4.74 Å². The number of rotatable bonds is 3. The Labute approximate surface area is 99.1 Å². The molecule has 2 saturated carbocycles. The van der Waals surface area contributed by atoms with Gasteiger partial charge in [-0.2, -0.15) is 0 Å². The van der Waals surface area contributed by atoms with Crippen molar-refractivity contribution in [1.82, 2.24) is 5.32 Å². The third-order valence-electron chi connectivity index (χ3n) is 4.67. The average molecular weight is 223 g/mol. The topological polar surface area (TPSA) is 21.3 Å². The SMILES string of the molecule is CCCC1CCC2OC(C3CC3)CNC2C1. The second-order valence-electron chi connectivity index (χ2n) is 6.03. The minimum absolute atomic E-state index is 0.535. The first kappa shape index (κ1) is 11.0. The van der Waals surface area contributed by atoms with Crippen molar-refractivity contribution in [1.29, 1.82) is 0 Å². The minimum atomic E-state index is 0.535. The number of ether oxygens (including phenoxy) is 1. The van der Waals surface area contributed by atoms with Gasteiger partial charge in [-0.15, -0.1) is 0 Å². The Kier molecular flexibility index (Phi) is 3.21. The van der Waals surface area contributed by atoms with E-state index in [1.165, 1.54) is 44.9 Å². The van der Waals surface area contributed by atoms with Gasteiger partial charge in [0.25, 0.3) is 0 Å². The average Bonchev–Trinajstić information content (AvgIpc) is 3.13. The minimum Gasteiger partial charge on any atom is -0.372 e. The van der Waals surface area contributed by atoms with Crippen molar-refractivity contribution in [3.8, 4) is 0 Å². The van der Waals surface area contributed by atoms with Crippen LogP contribution in [0, 0.1) is 11.8 Å². The summed E-state index contributed by atoms with van der Waals surface area (Å²) in [6.07, 6.45) is 10.7. The third kappa shape index (κ3) is 2.28. The van der Waals surface area contributed by atoms with E-state index in [0.717, 1.165) is 18.4 Å². The molecule has 0 aromatic heterocycles. The second kappa shape index (κ2) is 4.66. The van der Waals surface area contributed by atoms with Crippen LogP contribution in [0.2, 0.25) is 0 Å². The summed E-state index contributed by atoms with van der Waals surface area (Å²) in [5, 5.41) is 3.76. The van der Waals surface area contributed by atoms with Crippen LogP contribution < -0.4 is 5.32 Å². The summed E-state index contributed by atoms with van der Waals surface area (Å²) in [5.41, 5.74) is 0. The first-order chi connectivity index (χ1) is 7.86. The first-order valence-electron chi connectivity index (χ1n) is 7.25. The Balaban J connectivity index is 1.53. The van der Waals surface area contributed by atoms with E-state index in [1.54, 1.807) is 0 Å². The zero-order chi connectivity index (χ0) is 11.0. The number of hydrogen-bond acceptors (Lipinski definition) is 2. The molecule has 3 aliphatic rings. The molecule has 0 aromatic carbocycles. The van der Waals surface area contributed by atoms with Crippen molar-refractivity contribution >= 4 is 0 Å². The molecule has 3 fully saturated rings. The van der Waals surface area contributed by atoms with E-state index in [-0.39, 0.29) is 0 Å². The summed E-state index contributed by atoms with van der Waals surface area (Å²) >= 11 is 0. The highest BCUT2D eigenvalue weighted by molar-refractivity contribution is 4.94. The molecule has 0 amide bonds. The maximum atomic E-state index is 6.28. The first-order valence-corrected chi connectivity index (χ1v) is 7.25. The molecular formula is C14H25NO. The van der Waals surface area contributed by atoms with Crippen LogP contribution in [-0.2, 0) is 4.74 Å². The van der Waals surface area contributed by atoms with Crippen LogP contribution in [0.3, 0.4) is 0 Å². The van der Waals surface area contributed by atoms with E-state index in [0.29, 0.717) is 18.2 Å². The summed E-state index contributed by atoms with van der Waals surface area (Å²) < 4.78 is 6.28. The number of morpholine rings is 1. The molecule has 0 spiro atoms. The molecule has 4 atom stereocenters. The van der Waals surface area contributed by atoms with Gasteiger partial charge >= 0.3 is 0 Å². The third-order valence-corrected chi connectivity index (χ3v) is 4.67. The maximum absolute atomic E-state index is 6.28. The van der Waals surface area contributed by atoms with Gasteiger partial charge in [0, 0.05) is 12.6 Å². The highest BCUT2D eigenvalue weighted by Gasteiger charge is 2.41. The molecule has 1 saturated heterocycles. The van der Waals surface area contributed by atoms with Crippen LogP contribution in [0.4, 0.5) is 0 Å². The van der Waals surface area contributed by atoms with Gasteiger partial charge in [0.05, 0.1) is 12.2 Å². The predicted octanol–water partition coefficient (Wildman–Crippen LogP) is 2.72. The summed E-state index contributed by atoms with van der Waals surface area (Å²) in [4.78, 5) is 0. The van der Waals surface area contributed by atoms with Gasteiger partial charge in [0.2, 0.25) is 0 Å². The van der Waals surface area contributed by atoms with Crippen LogP contribution in [0.25, 0.3) is 0 Å². The lowest BCUT2D eigenvalue weighted by Gasteiger charge is -2.43. The summed E-state index contributed by atoms with van der Waals surface area (Å²) in [6.45, 7) is 3.42. The molecule has 2 aliphatic carbocycles. The second-order valence-corrected chi connectivity index (χ2v) is 6.03. The van der Waals surface area contributed by atoms with E-state index >= 15 is 0 Å². The molecule has 0 aromatic rings. The van der Waals surface area contributed by atoms with E-state index < -0.39 is 0 Å². The molecule has 1 N–H and O–H groups in total. The number of nitrogens with one attached hydrogen (secondary N) is 1. The van der Waals surface area contributed by atoms with Crippen molar-refractivity contribution in [2.75, 3.05) is 6.54 Å². The van der Waals surface area contributed by atoms with Crippen LogP contribution >= 0.6 is 0 Å². The molecule has 2 heteroatoms. The van der Waals surface area contributed by atoms with E-state index in [2.05, 4.69) is 12.2 Å². The maximum Gasteiger partial charge on any atom is 0.0732 e. The fourth-order valence-electron chi connectivity index (χ4n) is 3.56. The predicted molar refractivity (Wildman–Crippen MR) is 65.4 cm³/mol. The quantitative estimate of drug-likeness (QED) is 0.794. The van der Waals surface area contributed by atoms with Gasteiger partial charge in [0.15, 0.2) is 0 Å². The monoisotopic (exact) mass is 223 g/mol. The molecule has 0 radical (unpaired) electrons. The molecular weight excluding hydrogens is 198 g/mol. The Morgan fingerprint density at radius 3 is 2.75 bits per heavy atom. The van der Waals surface area contributed by atoms with Crippen LogP contribution in [0.15, 0.2) is 0 Å². The Morgan fingerprint density at radius 1 is 1.12 bits per heavy atom. The van der Waals surface area contributed by atoms with Gasteiger partial charge in [0.1, 0.15) is 0 Å². The van der Waals surface area contributed by atoms with Crippen molar-refractivity contribution in [2.45, 2.75) is 70.1 Å². The zero-order valence-electron chi connectivity index (χ0n) is 10.5. The summed E-state index contributed by atoms with van der Waals surface area (Å²) in [5.74, 6) is 1.85. The molecule has 3 rings (SSSR count). The van der Waals surface area contributed by atoms with E-state index in [1.807, 2.05) is 0 Å². The van der Waals surface area contributed by atoms with E-state index in [9.17, 15) is 0 Å². The highest BCUT2D eigenvalue weighted by Crippen LogP contribution is 2.39. The smallest absolute Gasteiger partial charge is 0.0732 e. The van der Waals surface area contributed by atoms with Crippen LogP contribution in [-0.4, -0.2) is 24.8 Å². The van der Waals surface area contributed by atoms with Crippen molar-refractivity contribution in [3.63, 3.8) is 0 Å². The van der Waals surface area contributed by atoms with Gasteiger partial charge in [-0.05, 0) is 43.9 Å². The van der Waals surface area contributed by atoms with Crippen molar-refractivity contribution in [2.24, 2.45) is 11.8 Å². The lowest BCUT2D eigenvalue weighted by atomic mass is 9.80. The van der Waals surface area contributed by atoms with E-state index in [4.69, 9.17) is 4.74 Å². The molecule has 92 valence electrons. The molecule has 4 unspecified atom stereocenters. The van der Waals surface area contributed by atoms with Crippen molar-refractivity contribution in [3.05, 3.63) is 0 Å². The Bertz CT molecular complexity index is 239. The number of hydrogen-bond donors (Lipinski definition) is 1. The fourth-order valence-corrected chi connectivity index (χ4v) is 3.56. The Morgan fingerprint density at radius 2 is 2.00 bits per heavy atom. The molecule has 2 nitrogen and oxygen atoms in total. The van der Waals surface area contributed by atoms with Crippen LogP contribution in [0.1, 0.15) is 51.9 Å². The van der Waals surface area contributed by atoms with Gasteiger partial charge in [-0.1, -0.05) is 19.8 Å². The molecule has 0 bridgehead atoms. The highest BCUT2D eigenvalue weighted by atomic mass is 16.5. The van der Waals surface area contributed by atoms with Gasteiger partial charge in [-0.25, -0.2) is 0 Å². The lowest BCUT2D eigenvalue weighted by Crippen LogP contribution is -2.55. The standard InChI is InChI=1S/C14H25NO/c1-2-3-10-4-7-13-12(8-10)15-9-14(16-13)11-5-6-11/h10-15H,2-9H2,1H3. The molecule has 16 heavy (non-hydrogen) atoms. The van der Waals surface area contributed by atoms with Gasteiger partial charge < -0.3 is 10.1 Å². The summed E-state index contributed by atoms with van der Waals surface area (Å²) in [7, 11) is 0. The van der Waals surface area contributed by atoms with Gasteiger partial charge in [-0.3, -0.25) is 0 Å². The fraction of sp³-hybridized carbons (Fsp3) is 1.00. The Hall–Kier alpha value is -0.0800.